The van der Waals surface area contributed by atoms with Crippen LogP contribution in [0.3, 0.4) is 0 Å². The van der Waals surface area contributed by atoms with E-state index in [0.29, 0.717) is 11.8 Å². The summed E-state index contributed by atoms with van der Waals surface area (Å²) in [6.07, 6.45) is 4.59. The predicted octanol–water partition coefficient (Wildman–Crippen LogP) is 2.36. The van der Waals surface area contributed by atoms with Crippen molar-refractivity contribution in [3.63, 3.8) is 0 Å². The maximum atomic E-state index is 10.4. The van der Waals surface area contributed by atoms with Gasteiger partial charge in [-0.2, -0.15) is 0 Å². The SMILES string of the molecule is C=C1C(C)CC2(O)CC3CC1CC32. The first kappa shape index (κ1) is 8.05. The number of allylic oxidation sites excluding steroid dienone is 1. The minimum Gasteiger partial charge on any atom is -0.390 e. The lowest BCUT2D eigenvalue weighted by Gasteiger charge is -2.50. The summed E-state index contributed by atoms with van der Waals surface area (Å²) in [6, 6.07) is 0. The normalized spacial score (nSPS) is 58.8. The summed E-state index contributed by atoms with van der Waals surface area (Å²) in [6.45, 7) is 6.44. The van der Waals surface area contributed by atoms with Gasteiger partial charge in [0.15, 0.2) is 0 Å². The molecule has 3 rings (SSSR count). The first-order valence-electron chi connectivity index (χ1n) is 5.51. The van der Waals surface area contributed by atoms with Gasteiger partial charge in [0.1, 0.15) is 0 Å². The Balaban J connectivity index is 1.97. The fourth-order valence-electron chi connectivity index (χ4n) is 4.05. The molecule has 72 valence electrons. The maximum Gasteiger partial charge on any atom is 0.0687 e. The molecule has 5 unspecified atom stereocenters. The van der Waals surface area contributed by atoms with E-state index < -0.39 is 0 Å². The van der Waals surface area contributed by atoms with Gasteiger partial charge in [-0.1, -0.05) is 19.1 Å². The zero-order valence-corrected chi connectivity index (χ0v) is 8.29. The van der Waals surface area contributed by atoms with Crippen LogP contribution in [-0.4, -0.2) is 10.7 Å². The fraction of sp³-hybridized carbons (Fsp3) is 0.833. The Morgan fingerprint density at radius 2 is 2.15 bits per heavy atom. The zero-order valence-electron chi connectivity index (χ0n) is 8.29. The number of rotatable bonds is 0. The molecule has 0 heterocycles. The Hall–Kier alpha value is -0.300. The van der Waals surface area contributed by atoms with E-state index in [-0.39, 0.29) is 5.60 Å². The van der Waals surface area contributed by atoms with Crippen LogP contribution >= 0.6 is 0 Å². The lowest BCUT2D eigenvalue weighted by molar-refractivity contribution is -0.134. The minimum absolute atomic E-state index is 0.293. The average molecular weight is 178 g/mol. The van der Waals surface area contributed by atoms with Crippen LogP contribution in [0, 0.1) is 23.7 Å². The molecule has 5 atom stereocenters. The van der Waals surface area contributed by atoms with E-state index in [9.17, 15) is 5.11 Å². The van der Waals surface area contributed by atoms with Gasteiger partial charge >= 0.3 is 0 Å². The summed E-state index contributed by atoms with van der Waals surface area (Å²) < 4.78 is 0. The third-order valence-electron chi connectivity index (χ3n) is 4.82. The molecule has 3 aliphatic rings. The molecule has 0 amide bonds. The highest BCUT2D eigenvalue weighted by Gasteiger charge is 2.59. The van der Waals surface area contributed by atoms with Gasteiger partial charge in [-0.15, -0.1) is 0 Å². The third-order valence-corrected chi connectivity index (χ3v) is 4.82. The van der Waals surface area contributed by atoms with Crippen LogP contribution in [0.4, 0.5) is 0 Å². The largest absolute Gasteiger partial charge is 0.390 e. The van der Waals surface area contributed by atoms with Crippen LogP contribution in [0.1, 0.15) is 32.6 Å². The van der Waals surface area contributed by atoms with E-state index in [1.165, 1.54) is 18.4 Å². The second-order valence-electron chi connectivity index (χ2n) is 5.52. The van der Waals surface area contributed by atoms with Gasteiger partial charge in [-0.3, -0.25) is 0 Å². The van der Waals surface area contributed by atoms with E-state index in [1.807, 2.05) is 0 Å². The van der Waals surface area contributed by atoms with Crippen LogP contribution in [-0.2, 0) is 0 Å². The Morgan fingerprint density at radius 3 is 2.92 bits per heavy atom. The molecule has 3 saturated carbocycles. The molecular formula is C12H18O. The molecular weight excluding hydrogens is 160 g/mol. The van der Waals surface area contributed by atoms with Crippen LogP contribution in [0.2, 0.25) is 0 Å². The van der Waals surface area contributed by atoms with Crippen molar-refractivity contribution < 1.29 is 5.11 Å². The lowest BCUT2D eigenvalue weighted by atomic mass is 9.60. The van der Waals surface area contributed by atoms with Gasteiger partial charge in [0.2, 0.25) is 0 Å². The molecule has 1 nitrogen and oxygen atoms in total. The minimum atomic E-state index is -0.293. The van der Waals surface area contributed by atoms with E-state index in [1.54, 1.807) is 0 Å². The zero-order chi connectivity index (χ0) is 9.22. The molecule has 3 fully saturated rings. The average Bonchev–Trinajstić information content (AvgIpc) is 2.39. The van der Waals surface area contributed by atoms with Crippen molar-refractivity contribution in [1.29, 1.82) is 0 Å². The molecule has 0 aromatic heterocycles. The molecule has 0 radical (unpaired) electrons. The first-order valence-corrected chi connectivity index (χ1v) is 5.51. The molecule has 1 heteroatoms. The van der Waals surface area contributed by atoms with Gasteiger partial charge in [0.25, 0.3) is 0 Å². The fourth-order valence-corrected chi connectivity index (χ4v) is 4.05. The third kappa shape index (κ3) is 0.864. The van der Waals surface area contributed by atoms with Gasteiger partial charge in [0.05, 0.1) is 5.60 Å². The van der Waals surface area contributed by atoms with Crippen molar-refractivity contribution in [2.45, 2.75) is 38.2 Å². The van der Waals surface area contributed by atoms with Gasteiger partial charge < -0.3 is 5.11 Å². The van der Waals surface area contributed by atoms with Crippen molar-refractivity contribution >= 4 is 0 Å². The van der Waals surface area contributed by atoms with E-state index >= 15 is 0 Å². The summed E-state index contributed by atoms with van der Waals surface area (Å²) in [4.78, 5) is 0. The Bertz CT molecular complexity index is 270. The maximum absolute atomic E-state index is 10.4. The number of fused-ring (bicyclic) bond motifs is 1. The van der Waals surface area contributed by atoms with E-state index in [4.69, 9.17) is 0 Å². The highest BCUT2D eigenvalue weighted by molar-refractivity contribution is 5.20. The van der Waals surface area contributed by atoms with E-state index in [0.717, 1.165) is 24.7 Å². The van der Waals surface area contributed by atoms with Crippen molar-refractivity contribution in [2.24, 2.45) is 23.7 Å². The van der Waals surface area contributed by atoms with Gasteiger partial charge in [0, 0.05) is 0 Å². The van der Waals surface area contributed by atoms with Crippen molar-refractivity contribution in [3.8, 4) is 0 Å². The molecule has 0 aromatic carbocycles. The van der Waals surface area contributed by atoms with E-state index in [2.05, 4.69) is 13.5 Å². The van der Waals surface area contributed by atoms with Gasteiger partial charge in [-0.05, 0) is 49.4 Å². The summed E-state index contributed by atoms with van der Waals surface area (Å²) in [7, 11) is 0. The second-order valence-corrected chi connectivity index (χ2v) is 5.52. The highest BCUT2D eigenvalue weighted by atomic mass is 16.3. The highest BCUT2D eigenvalue weighted by Crippen LogP contribution is 2.62. The van der Waals surface area contributed by atoms with Crippen molar-refractivity contribution in [2.75, 3.05) is 0 Å². The topological polar surface area (TPSA) is 20.2 Å². The summed E-state index contributed by atoms with van der Waals surface area (Å²) in [5.41, 5.74) is 1.13. The van der Waals surface area contributed by atoms with Crippen molar-refractivity contribution in [1.82, 2.24) is 0 Å². The first-order chi connectivity index (χ1) is 6.10. The van der Waals surface area contributed by atoms with Crippen LogP contribution in [0.5, 0.6) is 0 Å². The molecule has 3 aliphatic carbocycles. The van der Waals surface area contributed by atoms with Crippen molar-refractivity contribution in [3.05, 3.63) is 12.2 Å². The summed E-state index contributed by atoms with van der Waals surface area (Å²) in [5.74, 6) is 2.74. The Labute approximate surface area is 79.8 Å². The number of aliphatic hydroxyl groups is 1. The molecule has 1 N–H and O–H groups in total. The number of hydrogen-bond donors (Lipinski definition) is 1. The standard InChI is InChI=1S/C12H18O/c1-7-5-12(13)6-10-3-9(8(7)2)4-11(10)12/h7,9-11,13H,2-6H2,1H3. The quantitative estimate of drug-likeness (QED) is 0.565. The molecule has 13 heavy (non-hydrogen) atoms. The monoisotopic (exact) mass is 178 g/mol. The Kier molecular flexibility index (Phi) is 1.36. The predicted molar refractivity (Wildman–Crippen MR) is 52.2 cm³/mol. The second kappa shape index (κ2) is 2.20. The molecule has 0 spiro atoms. The van der Waals surface area contributed by atoms with Crippen LogP contribution in [0.25, 0.3) is 0 Å². The molecule has 0 saturated heterocycles. The lowest BCUT2D eigenvalue weighted by Crippen LogP contribution is -2.52. The van der Waals surface area contributed by atoms with Gasteiger partial charge in [-0.25, -0.2) is 0 Å². The number of hydrogen-bond acceptors (Lipinski definition) is 1. The summed E-state index contributed by atoms with van der Waals surface area (Å²) in [5, 5.41) is 10.4. The molecule has 2 bridgehead atoms. The summed E-state index contributed by atoms with van der Waals surface area (Å²) >= 11 is 0. The smallest absolute Gasteiger partial charge is 0.0687 e. The molecule has 0 aromatic rings. The van der Waals surface area contributed by atoms with Crippen LogP contribution < -0.4 is 0 Å². The molecule has 0 aliphatic heterocycles. The Morgan fingerprint density at radius 1 is 1.38 bits per heavy atom. The van der Waals surface area contributed by atoms with Crippen LogP contribution in [0.15, 0.2) is 12.2 Å².